The number of nitrogens with zero attached hydrogens (tertiary/aromatic N) is 1. The molecule has 25 heavy (non-hydrogen) atoms. The maximum absolute atomic E-state index is 14.5. The molecule has 0 aliphatic rings. The molecule has 2 aromatic carbocycles. The van der Waals surface area contributed by atoms with Gasteiger partial charge in [-0.3, -0.25) is 4.57 Å². The number of imidazole rings is 1. The van der Waals surface area contributed by atoms with Gasteiger partial charge in [0.1, 0.15) is 17.1 Å². The Labute approximate surface area is 138 Å². The van der Waals surface area contributed by atoms with E-state index in [4.69, 9.17) is 0 Å². The van der Waals surface area contributed by atoms with Crippen LogP contribution in [0.15, 0.2) is 41.2 Å². The van der Waals surface area contributed by atoms with Gasteiger partial charge >= 0.3 is 18.3 Å². The Morgan fingerprint density at radius 3 is 2.68 bits per heavy atom. The number of hydrogen-bond donors (Lipinski definition) is 1. The molecule has 0 radical (unpaired) electrons. The number of halogens is 3. The maximum Gasteiger partial charge on any atom is 0.387 e. The van der Waals surface area contributed by atoms with Crippen molar-refractivity contribution < 1.29 is 27.4 Å². The number of alkyl halides is 2. The van der Waals surface area contributed by atoms with Crippen LogP contribution in [0.5, 0.6) is 5.75 Å². The zero-order valence-corrected chi connectivity index (χ0v) is 12.8. The fourth-order valence-electron chi connectivity index (χ4n) is 2.48. The number of nitrogens with one attached hydrogen (secondary N) is 1. The maximum atomic E-state index is 14.5. The molecule has 1 N–H and O–H groups in total. The molecular formula is C16H11F3N2O4. The molecule has 6 nitrogen and oxygen atoms in total. The average molecular weight is 352 g/mol. The Kier molecular flexibility index (Phi) is 4.22. The third kappa shape index (κ3) is 3.08. The van der Waals surface area contributed by atoms with E-state index in [1.54, 1.807) is 0 Å². The Balaban J connectivity index is 2.19. The van der Waals surface area contributed by atoms with Gasteiger partial charge in [-0.2, -0.15) is 8.78 Å². The summed E-state index contributed by atoms with van der Waals surface area (Å²) in [4.78, 5) is 26.2. The third-order valence-electron chi connectivity index (χ3n) is 3.45. The van der Waals surface area contributed by atoms with Gasteiger partial charge < -0.3 is 14.5 Å². The smallest absolute Gasteiger partial charge is 0.387 e. The molecular weight excluding hydrogens is 341 g/mol. The van der Waals surface area contributed by atoms with Gasteiger partial charge in [-0.1, -0.05) is 6.07 Å². The summed E-state index contributed by atoms with van der Waals surface area (Å²) in [5.41, 5.74) is -0.725. The van der Waals surface area contributed by atoms with E-state index in [0.717, 1.165) is 17.7 Å². The predicted octanol–water partition coefficient (Wildman–Crippen LogP) is 2.85. The molecule has 3 rings (SSSR count). The van der Waals surface area contributed by atoms with Crippen molar-refractivity contribution in [3.63, 3.8) is 0 Å². The van der Waals surface area contributed by atoms with Crippen molar-refractivity contribution in [2.24, 2.45) is 0 Å². The van der Waals surface area contributed by atoms with Crippen LogP contribution in [0, 0.1) is 5.82 Å². The van der Waals surface area contributed by atoms with Gasteiger partial charge in [0.05, 0.1) is 23.9 Å². The number of aromatic amines is 1. The largest absolute Gasteiger partial charge is 0.465 e. The lowest BCUT2D eigenvalue weighted by molar-refractivity contribution is -0.0498. The summed E-state index contributed by atoms with van der Waals surface area (Å²) in [6.45, 7) is -3.03. The molecule has 0 atom stereocenters. The van der Waals surface area contributed by atoms with E-state index in [-0.39, 0.29) is 28.0 Å². The SMILES string of the molecule is COC(=O)c1cc(F)c2c(c1)[nH]c(=O)n2-c1cccc(OC(F)F)c1. The molecule has 9 heteroatoms. The van der Waals surface area contributed by atoms with Crippen LogP contribution in [0.1, 0.15) is 10.4 Å². The monoisotopic (exact) mass is 352 g/mol. The second-order valence-corrected chi connectivity index (χ2v) is 4.99. The second-order valence-electron chi connectivity index (χ2n) is 4.99. The Morgan fingerprint density at radius 1 is 1.24 bits per heavy atom. The number of carbonyl (C=O) groups excluding carboxylic acids is 1. The number of fused-ring (bicyclic) bond motifs is 1. The average Bonchev–Trinajstić information content (AvgIpc) is 2.90. The lowest BCUT2D eigenvalue weighted by atomic mass is 10.2. The van der Waals surface area contributed by atoms with E-state index in [0.29, 0.717) is 0 Å². The number of esters is 1. The summed E-state index contributed by atoms with van der Waals surface area (Å²) in [6.07, 6.45) is 0. The molecule has 0 bridgehead atoms. The van der Waals surface area contributed by atoms with Gasteiger partial charge in [0, 0.05) is 6.07 Å². The molecule has 0 aliphatic heterocycles. The van der Waals surface area contributed by atoms with E-state index >= 15 is 0 Å². The van der Waals surface area contributed by atoms with E-state index in [9.17, 15) is 22.8 Å². The van der Waals surface area contributed by atoms with E-state index < -0.39 is 24.1 Å². The summed E-state index contributed by atoms with van der Waals surface area (Å²) in [5, 5.41) is 0. The number of benzene rings is 2. The highest BCUT2D eigenvalue weighted by Crippen LogP contribution is 2.24. The van der Waals surface area contributed by atoms with Crippen LogP contribution in [0.3, 0.4) is 0 Å². The number of hydrogen-bond acceptors (Lipinski definition) is 4. The quantitative estimate of drug-likeness (QED) is 0.733. The van der Waals surface area contributed by atoms with Gasteiger partial charge in [-0.05, 0) is 24.3 Å². The molecule has 0 spiro atoms. The first-order valence-electron chi connectivity index (χ1n) is 6.98. The minimum Gasteiger partial charge on any atom is -0.465 e. The van der Waals surface area contributed by atoms with Gasteiger partial charge in [-0.15, -0.1) is 0 Å². The van der Waals surface area contributed by atoms with Crippen molar-refractivity contribution in [3.8, 4) is 11.4 Å². The number of methoxy groups -OCH3 is 1. The highest BCUT2D eigenvalue weighted by Gasteiger charge is 2.18. The van der Waals surface area contributed by atoms with Crippen LogP contribution in [-0.4, -0.2) is 29.2 Å². The summed E-state index contributed by atoms with van der Waals surface area (Å²) in [6, 6.07) is 7.47. The minimum atomic E-state index is -3.03. The number of ether oxygens (including phenoxy) is 2. The molecule has 0 aliphatic carbocycles. The van der Waals surface area contributed by atoms with Crippen LogP contribution in [0.4, 0.5) is 13.2 Å². The Hall–Kier alpha value is -3.23. The Morgan fingerprint density at radius 2 is 2.00 bits per heavy atom. The van der Waals surface area contributed by atoms with E-state index in [1.165, 1.54) is 30.3 Å². The van der Waals surface area contributed by atoms with Crippen LogP contribution in [-0.2, 0) is 4.74 Å². The van der Waals surface area contributed by atoms with Crippen molar-refractivity contribution >= 4 is 17.0 Å². The predicted molar refractivity (Wildman–Crippen MR) is 81.8 cm³/mol. The summed E-state index contributed by atoms with van der Waals surface area (Å²) >= 11 is 0. The standard InChI is InChI=1S/C16H11F3N2O4/c1-24-14(22)8-5-11(17)13-12(6-8)20-16(23)21(13)9-3-2-4-10(7-9)25-15(18)19/h2-7,15H,1H3,(H,20,23). The third-order valence-corrected chi connectivity index (χ3v) is 3.45. The molecule has 1 aromatic heterocycles. The minimum absolute atomic E-state index is 0.0607. The zero-order valence-electron chi connectivity index (χ0n) is 12.8. The highest BCUT2D eigenvalue weighted by molar-refractivity contribution is 5.94. The van der Waals surface area contributed by atoms with Crippen molar-refractivity contribution in [1.82, 2.24) is 9.55 Å². The normalized spacial score (nSPS) is 11.1. The lowest BCUT2D eigenvalue weighted by Crippen LogP contribution is -2.15. The van der Waals surface area contributed by atoms with Crippen molar-refractivity contribution in [2.75, 3.05) is 7.11 Å². The fourth-order valence-corrected chi connectivity index (χ4v) is 2.48. The first-order chi connectivity index (χ1) is 11.9. The van der Waals surface area contributed by atoms with Crippen molar-refractivity contribution in [3.05, 3.63) is 58.3 Å². The van der Waals surface area contributed by atoms with Crippen LogP contribution in [0.25, 0.3) is 16.7 Å². The molecule has 130 valence electrons. The molecule has 0 saturated carbocycles. The highest BCUT2D eigenvalue weighted by atomic mass is 19.3. The van der Waals surface area contributed by atoms with Gasteiger partial charge in [0.2, 0.25) is 0 Å². The second kappa shape index (κ2) is 6.34. The fraction of sp³-hybridized carbons (Fsp3) is 0.125. The summed E-state index contributed by atoms with van der Waals surface area (Å²) in [7, 11) is 1.15. The van der Waals surface area contributed by atoms with Crippen molar-refractivity contribution in [2.45, 2.75) is 6.61 Å². The van der Waals surface area contributed by atoms with Crippen LogP contribution >= 0.6 is 0 Å². The molecule has 1 heterocycles. The molecule has 0 saturated heterocycles. The van der Waals surface area contributed by atoms with Gasteiger partial charge in [0.25, 0.3) is 0 Å². The van der Waals surface area contributed by atoms with Crippen LogP contribution < -0.4 is 10.4 Å². The number of aromatic nitrogens is 2. The van der Waals surface area contributed by atoms with E-state index in [1.807, 2.05) is 0 Å². The van der Waals surface area contributed by atoms with E-state index in [2.05, 4.69) is 14.5 Å². The number of rotatable bonds is 4. The van der Waals surface area contributed by atoms with Gasteiger partial charge in [0.15, 0.2) is 0 Å². The topological polar surface area (TPSA) is 73.3 Å². The number of H-pyrrole nitrogens is 1. The van der Waals surface area contributed by atoms with Crippen molar-refractivity contribution in [1.29, 1.82) is 0 Å². The first-order valence-corrected chi connectivity index (χ1v) is 6.98. The molecule has 0 fully saturated rings. The first kappa shape index (κ1) is 16.6. The molecule has 0 unspecified atom stereocenters. The summed E-state index contributed by atoms with van der Waals surface area (Å²) in [5.74, 6) is -1.79. The zero-order chi connectivity index (χ0) is 18.1. The van der Waals surface area contributed by atoms with Gasteiger partial charge in [-0.25, -0.2) is 14.0 Å². The number of carbonyl (C=O) groups is 1. The Bertz CT molecular complexity index is 1010. The van der Waals surface area contributed by atoms with Crippen LogP contribution in [0.2, 0.25) is 0 Å². The summed E-state index contributed by atoms with van der Waals surface area (Å²) < 4.78 is 48.9. The molecule has 3 aromatic rings. The lowest BCUT2D eigenvalue weighted by Gasteiger charge is -2.08. The molecule has 0 amide bonds.